The van der Waals surface area contributed by atoms with E-state index in [-0.39, 0.29) is 42.3 Å². The summed E-state index contributed by atoms with van der Waals surface area (Å²) in [5.41, 5.74) is 6.95. The monoisotopic (exact) mass is 335 g/mol. The lowest BCUT2D eigenvalue weighted by Crippen LogP contribution is -2.48. The number of halogens is 2. The van der Waals surface area contributed by atoms with E-state index < -0.39 is 0 Å². The number of likely N-dealkylation sites (N-methyl/N-ethyl adjacent to an activating group) is 1. The zero-order valence-corrected chi connectivity index (χ0v) is 14.8. The molecule has 0 saturated carbocycles. The van der Waals surface area contributed by atoms with Gasteiger partial charge in [-0.05, 0) is 33.5 Å². The van der Waals surface area contributed by atoms with E-state index in [0.717, 1.165) is 5.56 Å². The van der Waals surface area contributed by atoms with E-state index in [1.165, 1.54) is 0 Å². The third kappa shape index (κ3) is 7.67. The van der Waals surface area contributed by atoms with E-state index in [0.29, 0.717) is 13.0 Å². The lowest BCUT2D eigenvalue weighted by atomic mass is 10.0. The molecule has 0 fully saturated rings. The van der Waals surface area contributed by atoms with Crippen LogP contribution in [0.4, 0.5) is 0 Å². The molecule has 1 amide bonds. The Morgan fingerprint density at radius 3 is 2.24 bits per heavy atom. The number of nitrogens with one attached hydrogen (secondary N) is 1. The van der Waals surface area contributed by atoms with Crippen LogP contribution in [0.3, 0.4) is 0 Å². The van der Waals surface area contributed by atoms with Crippen molar-refractivity contribution in [1.82, 2.24) is 10.2 Å². The molecular formula is C15H27Cl2N3O. The molecule has 3 N–H and O–H groups in total. The van der Waals surface area contributed by atoms with Crippen LogP contribution in [0.25, 0.3) is 0 Å². The summed E-state index contributed by atoms with van der Waals surface area (Å²) >= 11 is 0. The highest BCUT2D eigenvalue weighted by molar-refractivity contribution is 5.85. The average Bonchev–Trinajstić information content (AvgIpc) is 2.37. The minimum absolute atomic E-state index is 0. The number of nitrogens with two attached hydrogens (primary N) is 1. The number of hydrogen-bond acceptors (Lipinski definition) is 3. The number of benzene rings is 1. The van der Waals surface area contributed by atoms with Crippen molar-refractivity contribution in [3.8, 4) is 0 Å². The van der Waals surface area contributed by atoms with Crippen LogP contribution in [0, 0.1) is 0 Å². The van der Waals surface area contributed by atoms with Gasteiger partial charge in [-0.3, -0.25) is 4.79 Å². The molecule has 1 unspecified atom stereocenters. The zero-order chi connectivity index (χ0) is 14.5. The molecule has 0 spiro atoms. The van der Waals surface area contributed by atoms with Gasteiger partial charge in [0.1, 0.15) is 0 Å². The van der Waals surface area contributed by atoms with Crippen molar-refractivity contribution < 1.29 is 4.79 Å². The maximum atomic E-state index is 11.9. The summed E-state index contributed by atoms with van der Waals surface area (Å²) in [7, 11) is 4.00. The molecule has 0 radical (unpaired) electrons. The molecule has 4 nitrogen and oxygen atoms in total. The Labute approximate surface area is 140 Å². The third-order valence-electron chi connectivity index (χ3n) is 3.56. The summed E-state index contributed by atoms with van der Waals surface area (Å²) in [6.07, 6.45) is 0.313. The molecule has 0 aliphatic rings. The SMILES string of the molecule is CN(C)C(C)(C)CNC(=O)CC(N)c1ccccc1.Cl.Cl. The molecule has 6 heteroatoms. The predicted octanol–water partition coefficient (Wildman–Crippen LogP) is 2.38. The van der Waals surface area contributed by atoms with Crippen molar-refractivity contribution >= 4 is 30.7 Å². The average molecular weight is 336 g/mol. The molecule has 1 atom stereocenters. The van der Waals surface area contributed by atoms with Crippen molar-refractivity contribution in [1.29, 1.82) is 0 Å². The van der Waals surface area contributed by atoms with Gasteiger partial charge >= 0.3 is 0 Å². The second kappa shape index (κ2) is 10.0. The predicted molar refractivity (Wildman–Crippen MR) is 93.3 cm³/mol. The Balaban J connectivity index is 0. The van der Waals surface area contributed by atoms with Gasteiger partial charge < -0.3 is 16.0 Å². The number of carbonyl (C=O) groups is 1. The van der Waals surface area contributed by atoms with Gasteiger partial charge in [-0.25, -0.2) is 0 Å². The quantitative estimate of drug-likeness (QED) is 0.839. The van der Waals surface area contributed by atoms with Gasteiger partial charge in [0, 0.05) is 24.5 Å². The normalized spacial score (nSPS) is 12.1. The maximum absolute atomic E-state index is 11.9. The van der Waals surface area contributed by atoms with Gasteiger partial charge in [0.15, 0.2) is 0 Å². The van der Waals surface area contributed by atoms with Crippen molar-refractivity contribution in [2.24, 2.45) is 5.73 Å². The van der Waals surface area contributed by atoms with Crippen molar-refractivity contribution in [3.63, 3.8) is 0 Å². The molecule has 0 bridgehead atoms. The summed E-state index contributed by atoms with van der Waals surface area (Å²) in [4.78, 5) is 14.0. The molecule has 1 aromatic carbocycles. The first-order valence-electron chi connectivity index (χ1n) is 6.57. The first kappa shape index (κ1) is 22.5. The second-order valence-corrected chi connectivity index (χ2v) is 5.70. The summed E-state index contributed by atoms with van der Waals surface area (Å²) in [5, 5.41) is 2.94. The zero-order valence-electron chi connectivity index (χ0n) is 13.1. The van der Waals surface area contributed by atoms with Gasteiger partial charge in [0.05, 0.1) is 0 Å². The fourth-order valence-electron chi connectivity index (χ4n) is 1.56. The first-order valence-corrected chi connectivity index (χ1v) is 6.57. The number of rotatable bonds is 6. The topological polar surface area (TPSA) is 58.4 Å². The molecule has 21 heavy (non-hydrogen) atoms. The Morgan fingerprint density at radius 2 is 1.76 bits per heavy atom. The molecule has 0 saturated heterocycles. The summed E-state index contributed by atoms with van der Waals surface area (Å²) < 4.78 is 0. The smallest absolute Gasteiger partial charge is 0.221 e. The van der Waals surface area contributed by atoms with Crippen LogP contribution in [0.15, 0.2) is 30.3 Å². The Hall–Kier alpha value is -0.810. The fraction of sp³-hybridized carbons (Fsp3) is 0.533. The number of carbonyl (C=O) groups excluding carboxylic acids is 1. The Morgan fingerprint density at radius 1 is 1.24 bits per heavy atom. The van der Waals surface area contributed by atoms with Crippen molar-refractivity contribution in [2.45, 2.75) is 31.8 Å². The molecule has 0 heterocycles. The van der Waals surface area contributed by atoms with Crippen LogP contribution < -0.4 is 11.1 Å². The van der Waals surface area contributed by atoms with E-state index in [2.05, 4.69) is 24.1 Å². The van der Waals surface area contributed by atoms with Crippen LogP contribution in [0.2, 0.25) is 0 Å². The minimum atomic E-state index is -0.247. The maximum Gasteiger partial charge on any atom is 0.221 e. The molecular weight excluding hydrogens is 309 g/mol. The first-order chi connectivity index (χ1) is 8.83. The molecule has 122 valence electrons. The van der Waals surface area contributed by atoms with Crippen molar-refractivity contribution in [3.05, 3.63) is 35.9 Å². The number of amides is 1. The van der Waals surface area contributed by atoms with Gasteiger partial charge in [-0.2, -0.15) is 0 Å². The Kier molecular flexibility index (Phi) is 10.7. The van der Waals surface area contributed by atoms with E-state index in [1.807, 2.05) is 44.4 Å². The summed E-state index contributed by atoms with van der Waals surface area (Å²) in [6, 6.07) is 9.45. The summed E-state index contributed by atoms with van der Waals surface area (Å²) in [5.74, 6) is -0.00808. The molecule has 0 aliphatic carbocycles. The molecule has 1 aromatic rings. The second-order valence-electron chi connectivity index (χ2n) is 5.70. The molecule has 0 aliphatic heterocycles. The highest BCUT2D eigenvalue weighted by atomic mass is 35.5. The third-order valence-corrected chi connectivity index (χ3v) is 3.56. The van der Waals surface area contributed by atoms with Gasteiger partial charge in [-0.1, -0.05) is 30.3 Å². The van der Waals surface area contributed by atoms with Gasteiger partial charge in [-0.15, -0.1) is 24.8 Å². The lowest BCUT2D eigenvalue weighted by Gasteiger charge is -2.32. The van der Waals surface area contributed by atoms with Crippen LogP contribution in [-0.2, 0) is 4.79 Å². The Bertz CT molecular complexity index is 411. The summed E-state index contributed by atoms with van der Waals surface area (Å²) in [6.45, 7) is 4.79. The van der Waals surface area contributed by atoms with E-state index in [1.54, 1.807) is 0 Å². The molecule has 0 aromatic heterocycles. The molecule has 1 rings (SSSR count). The van der Waals surface area contributed by atoms with Gasteiger partial charge in [0.2, 0.25) is 5.91 Å². The number of hydrogen-bond donors (Lipinski definition) is 2. The van der Waals surface area contributed by atoms with E-state index >= 15 is 0 Å². The largest absolute Gasteiger partial charge is 0.354 e. The van der Waals surface area contributed by atoms with Crippen LogP contribution in [-0.4, -0.2) is 37.0 Å². The van der Waals surface area contributed by atoms with Gasteiger partial charge in [0.25, 0.3) is 0 Å². The lowest BCUT2D eigenvalue weighted by molar-refractivity contribution is -0.121. The highest BCUT2D eigenvalue weighted by Gasteiger charge is 2.21. The van der Waals surface area contributed by atoms with E-state index in [9.17, 15) is 4.79 Å². The fourth-order valence-corrected chi connectivity index (χ4v) is 1.56. The highest BCUT2D eigenvalue weighted by Crippen LogP contribution is 2.13. The van der Waals surface area contributed by atoms with E-state index in [4.69, 9.17) is 5.73 Å². The van der Waals surface area contributed by atoms with Crippen LogP contribution in [0.5, 0.6) is 0 Å². The standard InChI is InChI=1S/C15H25N3O.2ClH/c1-15(2,18(3)4)11-17-14(19)10-13(16)12-8-6-5-7-9-12;;/h5-9,13H,10-11,16H2,1-4H3,(H,17,19);2*1H. The van der Waals surface area contributed by atoms with Crippen LogP contribution in [0.1, 0.15) is 31.9 Å². The van der Waals surface area contributed by atoms with Crippen LogP contribution >= 0.6 is 24.8 Å². The van der Waals surface area contributed by atoms with Crippen molar-refractivity contribution in [2.75, 3.05) is 20.6 Å². The number of nitrogens with zero attached hydrogens (tertiary/aromatic N) is 1. The minimum Gasteiger partial charge on any atom is -0.354 e.